The minimum Gasteiger partial charge on any atom is -0.310 e. The van der Waals surface area contributed by atoms with E-state index in [2.05, 4.69) is 36.3 Å². The van der Waals surface area contributed by atoms with Crippen molar-refractivity contribution in [2.75, 3.05) is 0 Å². The van der Waals surface area contributed by atoms with E-state index in [0.29, 0.717) is 6.04 Å². The van der Waals surface area contributed by atoms with Gasteiger partial charge in [0.15, 0.2) is 0 Å². The Bertz CT molecular complexity index is 529. The summed E-state index contributed by atoms with van der Waals surface area (Å²) >= 11 is 8.00. The second-order valence-corrected chi connectivity index (χ2v) is 6.13. The zero-order valence-electron chi connectivity index (χ0n) is 11.1. The summed E-state index contributed by atoms with van der Waals surface area (Å²) in [5.74, 6) is 0. The van der Waals surface area contributed by atoms with Crippen molar-refractivity contribution in [3.05, 3.63) is 53.3 Å². The van der Waals surface area contributed by atoms with E-state index in [1.165, 1.54) is 4.90 Å². The van der Waals surface area contributed by atoms with Crippen molar-refractivity contribution in [2.45, 2.75) is 36.2 Å². The van der Waals surface area contributed by atoms with E-state index in [0.717, 1.165) is 22.0 Å². The summed E-state index contributed by atoms with van der Waals surface area (Å²) in [6.07, 6.45) is 3.59. The van der Waals surface area contributed by atoms with Crippen molar-refractivity contribution < 1.29 is 0 Å². The van der Waals surface area contributed by atoms with Gasteiger partial charge in [-0.1, -0.05) is 43.3 Å². The number of hydrogen-bond donors (Lipinski definition) is 1. The number of pyridine rings is 1. The van der Waals surface area contributed by atoms with E-state index in [-0.39, 0.29) is 0 Å². The third kappa shape index (κ3) is 4.53. The maximum Gasteiger partial charge on any atom is 0.0462 e. The molecule has 1 N–H and O–H groups in total. The lowest BCUT2D eigenvalue weighted by molar-refractivity contribution is 0.589. The molecular weight excluding hydrogens is 276 g/mol. The van der Waals surface area contributed by atoms with Crippen molar-refractivity contribution in [1.29, 1.82) is 0 Å². The molecule has 0 aliphatic rings. The summed E-state index contributed by atoms with van der Waals surface area (Å²) in [6, 6.07) is 10.7. The van der Waals surface area contributed by atoms with Crippen LogP contribution in [0.25, 0.3) is 0 Å². The highest BCUT2D eigenvalue weighted by Gasteiger charge is 2.04. The average molecular weight is 293 g/mol. The predicted molar refractivity (Wildman–Crippen MR) is 81.8 cm³/mol. The van der Waals surface area contributed by atoms with Gasteiger partial charge in [-0.05, 0) is 29.8 Å². The molecule has 2 nitrogen and oxygen atoms in total. The Morgan fingerprint density at radius 3 is 2.53 bits per heavy atom. The maximum absolute atomic E-state index is 6.31. The van der Waals surface area contributed by atoms with Crippen molar-refractivity contribution >= 4 is 23.4 Å². The fraction of sp³-hybridized carbons (Fsp3) is 0.267. The second kappa shape index (κ2) is 6.94. The molecule has 0 spiro atoms. The van der Waals surface area contributed by atoms with Crippen LogP contribution in [0.15, 0.2) is 52.5 Å². The number of aromatic nitrogens is 1. The van der Waals surface area contributed by atoms with Gasteiger partial charge in [-0.25, -0.2) is 0 Å². The molecule has 4 heteroatoms. The number of halogens is 1. The van der Waals surface area contributed by atoms with Gasteiger partial charge in [0.1, 0.15) is 0 Å². The van der Waals surface area contributed by atoms with Crippen LogP contribution in [0.5, 0.6) is 0 Å². The fourth-order valence-corrected chi connectivity index (χ4v) is 2.75. The Balaban J connectivity index is 2.06. The molecule has 0 radical (unpaired) electrons. The molecule has 0 fully saturated rings. The Morgan fingerprint density at radius 1 is 1.16 bits per heavy atom. The third-order valence-corrected chi connectivity index (χ3v) is 3.96. The van der Waals surface area contributed by atoms with Crippen LogP contribution in [-0.2, 0) is 6.54 Å². The van der Waals surface area contributed by atoms with Gasteiger partial charge in [0.25, 0.3) is 0 Å². The van der Waals surface area contributed by atoms with E-state index in [1.807, 2.05) is 18.2 Å². The fourth-order valence-electron chi connectivity index (χ4n) is 1.59. The molecule has 0 unspecified atom stereocenters. The first-order valence-electron chi connectivity index (χ1n) is 6.25. The first kappa shape index (κ1) is 14.4. The lowest BCUT2D eigenvalue weighted by Gasteiger charge is -2.10. The van der Waals surface area contributed by atoms with Crippen LogP contribution in [0, 0.1) is 0 Å². The Hall–Kier alpha value is -1.03. The van der Waals surface area contributed by atoms with Gasteiger partial charge in [0.2, 0.25) is 0 Å². The molecule has 1 aromatic heterocycles. The quantitative estimate of drug-likeness (QED) is 0.885. The molecule has 1 heterocycles. The van der Waals surface area contributed by atoms with Crippen LogP contribution in [0.3, 0.4) is 0 Å². The zero-order valence-corrected chi connectivity index (χ0v) is 12.6. The summed E-state index contributed by atoms with van der Waals surface area (Å²) in [5.41, 5.74) is 1.13. The third-order valence-electron chi connectivity index (χ3n) is 2.61. The summed E-state index contributed by atoms with van der Waals surface area (Å²) in [4.78, 5) is 6.32. The monoisotopic (exact) mass is 292 g/mol. The summed E-state index contributed by atoms with van der Waals surface area (Å²) in [6.45, 7) is 5.06. The normalized spacial score (nSPS) is 10.9. The summed E-state index contributed by atoms with van der Waals surface area (Å²) in [5, 5.41) is 4.18. The first-order valence-corrected chi connectivity index (χ1v) is 7.44. The summed E-state index contributed by atoms with van der Waals surface area (Å²) < 4.78 is 0. The SMILES string of the molecule is CC(C)NCc1ccc(Sc2ccncc2)cc1Cl. The van der Waals surface area contributed by atoms with E-state index < -0.39 is 0 Å². The lowest BCUT2D eigenvalue weighted by Crippen LogP contribution is -2.21. The van der Waals surface area contributed by atoms with Gasteiger partial charge in [-0.15, -0.1) is 0 Å². The van der Waals surface area contributed by atoms with Crippen LogP contribution in [0.4, 0.5) is 0 Å². The van der Waals surface area contributed by atoms with Crippen molar-refractivity contribution in [1.82, 2.24) is 10.3 Å². The first-order chi connectivity index (χ1) is 9.15. The van der Waals surface area contributed by atoms with Crippen molar-refractivity contribution in [3.8, 4) is 0 Å². The van der Waals surface area contributed by atoms with E-state index in [4.69, 9.17) is 11.6 Å². The molecule has 2 aromatic rings. The Labute approximate surface area is 123 Å². The maximum atomic E-state index is 6.31. The molecule has 1 aromatic carbocycles. The second-order valence-electron chi connectivity index (χ2n) is 4.57. The predicted octanol–water partition coefficient (Wildman–Crippen LogP) is 4.38. The van der Waals surface area contributed by atoms with Crippen molar-refractivity contribution in [3.63, 3.8) is 0 Å². The molecule has 2 rings (SSSR count). The largest absolute Gasteiger partial charge is 0.310 e. The molecule has 0 bridgehead atoms. The number of nitrogens with zero attached hydrogens (tertiary/aromatic N) is 1. The number of rotatable bonds is 5. The minimum atomic E-state index is 0.460. The van der Waals surface area contributed by atoms with Gasteiger partial charge in [-0.3, -0.25) is 4.98 Å². The minimum absolute atomic E-state index is 0.460. The molecule has 0 atom stereocenters. The van der Waals surface area contributed by atoms with Crippen LogP contribution >= 0.6 is 23.4 Å². The number of benzene rings is 1. The molecule has 0 aliphatic carbocycles. The molecular formula is C15H17ClN2S. The topological polar surface area (TPSA) is 24.9 Å². The van der Waals surface area contributed by atoms with Crippen molar-refractivity contribution in [2.24, 2.45) is 0 Å². The number of nitrogens with one attached hydrogen (secondary N) is 1. The zero-order chi connectivity index (χ0) is 13.7. The van der Waals surface area contributed by atoms with Crippen LogP contribution in [0.2, 0.25) is 5.02 Å². The number of hydrogen-bond acceptors (Lipinski definition) is 3. The van der Waals surface area contributed by atoms with Crippen LogP contribution in [0.1, 0.15) is 19.4 Å². The van der Waals surface area contributed by atoms with Crippen LogP contribution < -0.4 is 5.32 Å². The van der Waals surface area contributed by atoms with E-state index in [9.17, 15) is 0 Å². The smallest absolute Gasteiger partial charge is 0.0462 e. The molecule has 0 aliphatic heterocycles. The molecule has 0 amide bonds. The van der Waals surface area contributed by atoms with Crippen LogP contribution in [-0.4, -0.2) is 11.0 Å². The highest BCUT2D eigenvalue weighted by atomic mass is 35.5. The molecule has 0 saturated heterocycles. The Kier molecular flexibility index (Phi) is 5.25. The Morgan fingerprint density at radius 2 is 1.89 bits per heavy atom. The van der Waals surface area contributed by atoms with Gasteiger partial charge in [-0.2, -0.15) is 0 Å². The van der Waals surface area contributed by atoms with E-state index >= 15 is 0 Å². The molecule has 100 valence electrons. The highest BCUT2D eigenvalue weighted by molar-refractivity contribution is 7.99. The lowest BCUT2D eigenvalue weighted by atomic mass is 10.2. The molecule has 0 saturated carbocycles. The van der Waals surface area contributed by atoms with Gasteiger partial charge < -0.3 is 5.32 Å². The van der Waals surface area contributed by atoms with Gasteiger partial charge in [0.05, 0.1) is 0 Å². The standard InChI is InChI=1S/C15H17ClN2S/c1-11(2)18-10-12-3-4-14(9-15(12)16)19-13-5-7-17-8-6-13/h3-9,11,18H,10H2,1-2H3. The van der Waals surface area contributed by atoms with Gasteiger partial charge in [0, 0.05) is 39.8 Å². The van der Waals surface area contributed by atoms with E-state index in [1.54, 1.807) is 24.2 Å². The average Bonchev–Trinajstić information content (AvgIpc) is 2.39. The molecule has 19 heavy (non-hydrogen) atoms. The van der Waals surface area contributed by atoms with Gasteiger partial charge >= 0.3 is 0 Å². The summed E-state index contributed by atoms with van der Waals surface area (Å²) in [7, 11) is 0. The highest BCUT2D eigenvalue weighted by Crippen LogP contribution is 2.30.